The molecule has 4 aromatic rings. The van der Waals surface area contributed by atoms with Crippen LogP contribution in [0.3, 0.4) is 0 Å². The summed E-state index contributed by atoms with van der Waals surface area (Å²) in [6.45, 7) is 0. The van der Waals surface area contributed by atoms with E-state index in [-0.39, 0.29) is 24.7 Å². The standard InChI is InChI=1S/C27H24N4O2/c32-26(30-28-18-20-12-14-22-6-1-3-8-24(22)16-20)10-5-11-27(33)31-29-19-21-13-15-23-7-2-4-9-25(23)17-21/h1-4,6-9,12-19H,5,10-11H2,(H,30,32)(H,31,33)/b28-18-,29-19+. The van der Waals surface area contributed by atoms with Gasteiger partial charge in [0.2, 0.25) is 11.8 Å². The van der Waals surface area contributed by atoms with Crippen LogP contribution in [0.5, 0.6) is 0 Å². The normalized spacial score (nSPS) is 11.4. The molecule has 0 radical (unpaired) electrons. The molecule has 0 fully saturated rings. The second kappa shape index (κ2) is 10.8. The van der Waals surface area contributed by atoms with Gasteiger partial charge in [-0.15, -0.1) is 0 Å². The number of nitrogens with one attached hydrogen (secondary N) is 2. The molecule has 0 bridgehead atoms. The molecule has 0 spiro atoms. The molecule has 6 heteroatoms. The molecule has 0 saturated heterocycles. The molecule has 0 aliphatic rings. The van der Waals surface area contributed by atoms with E-state index >= 15 is 0 Å². The van der Waals surface area contributed by atoms with Crippen LogP contribution in [0, 0.1) is 0 Å². The number of fused-ring (bicyclic) bond motifs is 2. The first kappa shape index (κ1) is 21.9. The zero-order valence-corrected chi connectivity index (χ0v) is 18.1. The molecule has 0 unspecified atom stereocenters. The molecular weight excluding hydrogens is 412 g/mol. The highest BCUT2D eigenvalue weighted by atomic mass is 16.2. The van der Waals surface area contributed by atoms with Gasteiger partial charge in [0.05, 0.1) is 12.4 Å². The first-order chi connectivity index (χ1) is 16.2. The first-order valence-electron chi connectivity index (χ1n) is 10.8. The molecule has 0 heterocycles. The molecule has 164 valence electrons. The van der Waals surface area contributed by atoms with E-state index in [0.717, 1.165) is 32.7 Å². The van der Waals surface area contributed by atoms with Crippen molar-refractivity contribution in [3.63, 3.8) is 0 Å². The van der Waals surface area contributed by atoms with E-state index in [9.17, 15) is 9.59 Å². The summed E-state index contributed by atoms with van der Waals surface area (Å²) in [7, 11) is 0. The van der Waals surface area contributed by atoms with Crippen molar-refractivity contribution in [2.75, 3.05) is 0 Å². The van der Waals surface area contributed by atoms with Crippen molar-refractivity contribution in [1.82, 2.24) is 10.9 Å². The zero-order chi connectivity index (χ0) is 22.9. The SMILES string of the molecule is O=C(CCCC(=O)N/N=C/c1ccc2ccccc2c1)N/N=C\c1ccc2ccccc2c1. The molecule has 2 amide bonds. The quantitative estimate of drug-likeness (QED) is 0.308. The van der Waals surface area contributed by atoms with E-state index in [1.54, 1.807) is 12.4 Å². The van der Waals surface area contributed by atoms with Crippen LogP contribution in [0.15, 0.2) is 95.1 Å². The molecule has 2 N–H and O–H groups in total. The summed E-state index contributed by atoms with van der Waals surface area (Å²) >= 11 is 0. The van der Waals surface area contributed by atoms with Crippen LogP contribution in [0.1, 0.15) is 30.4 Å². The minimum atomic E-state index is -0.237. The second-order valence-electron chi connectivity index (χ2n) is 7.65. The third kappa shape index (κ3) is 6.33. The van der Waals surface area contributed by atoms with Crippen molar-refractivity contribution < 1.29 is 9.59 Å². The maximum Gasteiger partial charge on any atom is 0.240 e. The average Bonchev–Trinajstić information content (AvgIpc) is 2.84. The van der Waals surface area contributed by atoms with Gasteiger partial charge in [-0.3, -0.25) is 9.59 Å². The van der Waals surface area contributed by atoms with Crippen LogP contribution in [0.25, 0.3) is 21.5 Å². The van der Waals surface area contributed by atoms with E-state index in [0.29, 0.717) is 6.42 Å². The number of hydrogen-bond donors (Lipinski definition) is 2. The highest BCUT2D eigenvalue weighted by Gasteiger charge is 2.04. The predicted octanol–water partition coefficient (Wildman–Crippen LogP) is 4.76. The van der Waals surface area contributed by atoms with Gasteiger partial charge in [0.1, 0.15) is 0 Å². The monoisotopic (exact) mass is 436 g/mol. The van der Waals surface area contributed by atoms with Crippen molar-refractivity contribution in [3.05, 3.63) is 96.1 Å². The van der Waals surface area contributed by atoms with Gasteiger partial charge in [-0.1, -0.05) is 72.8 Å². The summed E-state index contributed by atoms with van der Waals surface area (Å²) < 4.78 is 0. The minimum Gasteiger partial charge on any atom is -0.273 e. The summed E-state index contributed by atoms with van der Waals surface area (Å²) in [5.41, 5.74) is 6.80. The molecule has 0 aliphatic carbocycles. The summed E-state index contributed by atoms with van der Waals surface area (Å²) in [5.74, 6) is -0.473. The summed E-state index contributed by atoms with van der Waals surface area (Å²) in [4.78, 5) is 23.9. The summed E-state index contributed by atoms with van der Waals surface area (Å²) in [5, 5.41) is 12.5. The van der Waals surface area contributed by atoms with Gasteiger partial charge in [0.25, 0.3) is 0 Å². The average molecular weight is 437 g/mol. The lowest BCUT2D eigenvalue weighted by atomic mass is 10.1. The topological polar surface area (TPSA) is 82.9 Å². The van der Waals surface area contributed by atoms with Gasteiger partial charge in [-0.25, -0.2) is 10.9 Å². The van der Waals surface area contributed by atoms with E-state index in [4.69, 9.17) is 0 Å². The van der Waals surface area contributed by atoms with Gasteiger partial charge in [0, 0.05) is 12.8 Å². The summed E-state index contributed by atoms with van der Waals surface area (Å²) in [6, 6.07) is 28.0. The molecule has 0 saturated carbocycles. The smallest absolute Gasteiger partial charge is 0.240 e. The van der Waals surface area contributed by atoms with Crippen LogP contribution < -0.4 is 10.9 Å². The van der Waals surface area contributed by atoms with Crippen LogP contribution in [0.2, 0.25) is 0 Å². The minimum absolute atomic E-state index is 0.205. The van der Waals surface area contributed by atoms with Gasteiger partial charge >= 0.3 is 0 Å². The fraction of sp³-hybridized carbons (Fsp3) is 0.111. The van der Waals surface area contributed by atoms with E-state index < -0.39 is 0 Å². The number of carbonyl (C=O) groups is 2. The van der Waals surface area contributed by atoms with E-state index in [2.05, 4.69) is 21.1 Å². The molecule has 0 aliphatic heterocycles. The number of nitrogens with zero attached hydrogens (tertiary/aromatic N) is 2. The van der Waals surface area contributed by atoms with Gasteiger partial charge in [0.15, 0.2) is 0 Å². The Kier molecular flexibility index (Phi) is 7.18. The van der Waals surface area contributed by atoms with Gasteiger partial charge in [-0.05, 0) is 51.2 Å². The Morgan fingerprint density at radius 3 is 1.48 bits per heavy atom. The Balaban J connectivity index is 1.16. The van der Waals surface area contributed by atoms with Crippen LogP contribution >= 0.6 is 0 Å². The first-order valence-corrected chi connectivity index (χ1v) is 10.8. The third-order valence-corrected chi connectivity index (χ3v) is 5.16. The molecular formula is C27H24N4O2. The fourth-order valence-corrected chi connectivity index (χ4v) is 3.46. The number of hydrogen-bond acceptors (Lipinski definition) is 4. The number of rotatable bonds is 8. The van der Waals surface area contributed by atoms with Crippen molar-refractivity contribution in [3.8, 4) is 0 Å². The maximum atomic E-state index is 11.9. The van der Waals surface area contributed by atoms with Gasteiger partial charge < -0.3 is 0 Å². The fourth-order valence-electron chi connectivity index (χ4n) is 3.46. The second-order valence-corrected chi connectivity index (χ2v) is 7.65. The Morgan fingerprint density at radius 1 is 0.606 bits per heavy atom. The molecule has 0 atom stereocenters. The summed E-state index contributed by atoms with van der Waals surface area (Å²) in [6.07, 6.45) is 4.04. The molecule has 0 aromatic heterocycles. The predicted molar refractivity (Wildman–Crippen MR) is 133 cm³/mol. The molecule has 4 rings (SSSR count). The number of benzene rings is 4. The Hall–Kier alpha value is -4.32. The van der Waals surface area contributed by atoms with Crippen molar-refractivity contribution >= 4 is 45.8 Å². The van der Waals surface area contributed by atoms with Crippen LogP contribution in [-0.4, -0.2) is 24.2 Å². The van der Waals surface area contributed by atoms with Crippen LogP contribution in [0.4, 0.5) is 0 Å². The number of amides is 2. The lowest BCUT2D eigenvalue weighted by molar-refractivity contribution is -0.122. The number of carbonyl (C=O) groups excluding carboxylic acids is 2. The number of hydrazone groups is 2. The van der Waals surface area contributed by atoms with Gasteiger partial charge in [-0.2, -0.15) is 10.2 Å². The Bertz CT molecular complexity index is 1240. The molecule has 33 heavy (non-hydrogen) atoms. The lowest BCUT2D eigenvalue weighted by Gasteiger charge is -2.02. The van der Waals surface area contributed by atoms with Crippen molar-refractivity contribution in [2.45, 2.75) is 19.3 Å². The highest BCUT2D eigenvalue weighted by Crippen LogP contribution is 2.15. The van der Waals surface area contributed by atoms with E-state index in [1.165, 1.54) is 0 Å². The lowest BCUT2D eigenvalue weighted by Crippen LogP contribution is -2.20. The van der Waals surface area contributed by atoms with Crippen molar-refractivity contribution in [2.24, 2.45) is 10.2 Å². The third-order valence-electron chi connectivity index (χ3n) is 5.16. The molecule has 4 aromatic carbocycles. The maximum absolute atomic E-state index is 11.9. The molecule has 6 nitrogen and oxygen atoms in total. The Morgan fingerprint density at radius 2 is 1.03 bits per heavy atom. The largest absolute Gasteiger partial charge is 0.273 e. The zero-order valence-electron chi connectivity index (χ0n) is 18.1. The Labute approximate surface area is 192 Å². The van der Waals surface area contributed by atoms with Crippen molar-refractivity contribution in [1.29, 1.82) is 0 Å². The van der Waals surface area contributed by atoms with Crippen LogP contribution in [-0.2, 0) is 9.59 Å². The van der Waals surface area contributed by atoms with E-state index in [1.807, 2.05) is 84.9 Å². The highest BCUT2D eigenvalue weighted by molar-refractivity contribution is 5.92.